The number of piperidine rings is 1. The normalized spacial score (nSPS) is 33.1. The summed E-state index contributed by atoms with van der Waals surface area (Å²) in [5, 5.41) is 6.55. The fraction of sp³-hybridized carbons (Fsp3) is 0.909. The van der Waals surface area contributed by atoms with E-state index in [9.17, 15) is 4.79 Å². The van der Waals surface area contributed by atoms with Crippen molar-refractivity contribution in [2.75, 3.05) is 0 Å². The Hall–Kier alpha value is -0.570. The number of hydrogen-bond acceptors (Lipinski definition) is 2. The molecule has 1 fully saturated rings. The van der Waals surface area contributed by atoms with Crippen LogP contribution in [0.5, 0.6) is 0 Å². The summed E-state index contributed by atoms with van der Waals surface area (Å²) in [4.78, 5) is 11.5. The van der Waals surface area contributed by atoms with Gasteiger partial charge in [0, 0.05) is 24.0 Å². The molecule has 0 aromatic heterocycles. The molecule has 0 radical (unpaired) electrons. The molecule has 2 N–H and O–H groups in total. The summed E-state index contributed by atoms with van der Waals surface area (Å²) < 4.78 is 0. The second kappa shape index (κ2) is 4.78. The standard InChI is InChI=1S/C11H22N2O/c1-7(2)11(14)13-10-6-5-8(3)12-9(10)4/h7-10,12H,5-6H2,1-4H3,(H,13,14). The second-order valence-electron chi connectivity index (χ2n) is 4.70. The van der Waals surface area contributed by atoms with E-state index in [0.717, 1.165) is 12.8 Å². The molecule has 1 heterocycles. The van der Waals surface area contributed by atoms with E-state index in [1.165, 1.54) is 0 Å². The predicted octanol–water partition coefficient (Wildman–Crippen LogP) is 1.29. The summed E-state index contributed by atoms with van der Waals surface area (Å²) in [6.45, 7) is 8.19. The van der Waals surface area contributed by atoms with E-state index < -0.39 is 0 Å². The third-order valence-electron chi connectivity index (χ3n) is 2.91. The molecule has 0 saturated carbocycles. The lowest BCUT2D eigenvalue weighted by Gasteiger charge is -2.34. The summed E-state index contributed by atoms with van der Waals surface area (Å²) >= 11 is 0. The quantitative estimate of drug-likeness (QED) is 0.702. The summed E-state index contributed by atoms with van der Waals surface area (Å²) in [6, 6.07) is 1.28. The number of nitrogens with one attached hydrogen (secondary N) is 2. The van der Waals surface area contributed by atoms with Crippen LogP contribution in [-0.4, -0.2) is 24.0 Å². The van der Waals surface area contributed by atoms with Gasteiger partial charge in [-0.15, -0.1) is 0 Å². The Bertz CT molecular complexity index is 203. The molecule has 82 valence electrons. The molecule has 0 aliphatic carbocycles. The maximum Gasteiger partial charge on any atom is 0.222 e. The van der Waals surface area contributed by atoms with Gasteiger partial charge in [-0.05, 0) is 26.7 Å². The van der Waals surface area contributed by atoms with Crippen molar-refractivity contribution in [3.05, 3.63) is 0 Å². The second-order valence-corrected chi connectivity index (χ2v) is 4.70. The van der Waals surface area contributed by atoms with Gasteiger partial charge >= 0.3 is 0 Å². The summed E-state index contributed by atoms with van der Waals surface area (Å²) in [6.07, 6.45) is 2.24. The van der Waals surface area contributed by atoms with Crippen molar-refractivity contribution in [2.45, 2.75) is 58.7 Å². The van der Waals surface area contributed by atoms with Gasteiger partial charge in [-0.2, -0.15) is 0 Å². The fourth-order valence-electron chi connectivity index (χ4n) is 1.87. The third-order valence-corrected chi connectivity index (χ3v) is 2.91. The largest absolute Gasteiger partial charge is 0.352 e. The Morgan fingerprint density at radius 1 is 1.36 bits per heavy atom. The first kappa shape index (κ1) is 11.5. The zero-order valence-corrected chi connectivity index (χ0v) is 9.63. The van der Waals surface area contributed by atoms with Crippen molar-refractivity contribution in [3.63, 3.8) is 0 Å². The van der Waals surface area contributed by atoms with Crippen molar-refractivity contribution >= 4 is 5.91 Å². The van der Waals surface area contributed by atoms with Crippen molar-refractivity contribution in [1.29, 1.82) is 0 Å². The molecule has 3 nitrogen and oxygen atoms in total. The van der Waals surface area contributed by atoms with Gasteiger partial charge in [0.1, 0.15) is 0 Å². The van der Waals surface area contributed by atoms with Crippen LogP contribution >= 0.6 is 0 Å². The van der Waals surface area contributed by atoms with E-state index in [4.69, 9.17) is 0 Å². The maximum absolute atomic E-state index is 11.5. The highest BCUT2D eigenvalue weighted by Gasteiger charge is 2.26. The number of amides is 1. The minimum Gasteiger partial charge on any atom is -0.352 e. The SMILES string of the molecule is CC1CCC(NC(=O)C(C)C)C(C)N1. The average Bonchev–Trinajstić information content (AvgIpc) is 2.09. The lowest BCUT2D eigenvalue weighted by Crippen LogP contribution is -2.55. The van der Waals surface area contributed by atoms with Crippen molar-refractivity contribution in [2.24, 2.45) is 5.92 Å². The highest BCUT2D eigenvalue weighted by molar-refractivity contribution is 5.78. The Kier molecular flexibility index (Phi) is 3.93. The van der Waals surface area contributed by atoms with E-state index in [2.05, 4.69) is 24.5 Å². The van der Waals surface area contributed by atoms with Gasteiger partial charge in [-0.1, -0.05) is 13.8 Å². The predicted molar refractivity (Wildman–Crippen MR) is 58.1 cm³/mol. The van der Waals surface area contributed by atoms with E-state index in [1.54, 1.807) is 0 Å². The Labute approximate surface area is 86.6 Å². The third kappa shape index (κ3) is 2.98. The Balaban J connectivity index is 2.41. The van der Waals surface area contributed by atoms with E-state index >= 15 is 0 Å². The number of hydrogen-bond donors (Lipinski definition) is 2. The van der Waals surface area contributed by atoms with Crippen molar-refractivity contribution < 1.29 is 4.79 Å². The minimum atomic E-state index is 0.0848. The molecular weight excluding hydrogens is 176 g/mol. The van der Waals surface area contributed by atoms with Crippen LogP contribution in [0.25, 0.3) is 0 Å². The van der Waals surface area contributed by atoms with Gasteiger partial charge in [0.25, 0.3) is 0 Å². The van der Waals surface area contributed by atoms with Gasteiger partial charge in [0.2, 0.25) is 5.91 Å². The average molecular weight is 198 g/mol. The highest BCUT2D eigenvalue weighted by Crippen LogP contribution is 2.13. The minimum absolute atomic E-state index is 0.0848. The van der Waals surface area contributed by atoms with Crippen LogP contribution in [0.4, 0.5) is 0 Å². The van der Waals surface area contributed by atoms with Gasteiger partial charge in [0.15, 0.2) is 0 Å². The first-order valence-electron chi connectivity index (χ1n) is 5.57. The van der Waals surface area contributed by atoms with Crippen LogP contribution in [0.3, 0.4) is 0 Å². The molecule has 1 aliphatic heterocycles. The first-order chi connectivity index (χ1) is 6.50. The Morgan fingerprint density at radius 3 is 2.50 bits per heavy atom. The van der Waals surface area contributed by atoms with Gasteiger partial charge in [-0.25, -0.2) is 0 Å². The number of carbonyl (C=O) groups excluding carboxylic acids is 1. The topological polar surface area (TPSA) is 41.1 Å². The molecule has 3 heteroatoms. The summed E-state index contributed by atoms with van der Waals surface area (Å²) in [5.41, 5.74) is 0. The molecule has 3 unspecified atom stereocenters. The molecule has 1 amide bonds. The molecule has 3 atom stereocenters. The summed E-state index contributed by atoms with van der Waals surface area (Å²) in [7, 11) is 0. The Morgan fingerprint density at radius 2 is 2.00 bits per heavy atom. The lowest BCUT2D eigenvalue weighted by molar-refractivity contribution is -0.125. The summed E-state index contributed by atoms with van der Waals surface area (Å²) in [5.74, 6) is 0.250. The lowest BCUT2D eigenvalue weighted by atomic mass is 9.95. The zero-order chi connectivity index (χ0) is 10.7. The number of carbonyl (C=O) groups is 1. The molecule has 0 bridgehead atoms. The zero-order valence-electron chi connectivity index (χ0n) is 9.63. The van der Waals surface area contributed by atoms with Crippen LogP contribution in [0.1, 0.15) is 40.5 Å². The molecule has 0 aromatic carbocycles. The van der Waals surface area contributed by atoms with Crippen LogP contribution < -0.4 is 10.6 Å². The highest BCUT2D eigenvalue weighted by atomic mass is 16.1. The van der Waals surface area contributed by atoms with E-state index in [-0.39, 0.29) is 11.8 Å². The monoisotopic (exact) mass is 198 g/mol. The maximum atomic E-state index is 11.5. The molecule has 0 spiro atoms. The van der Waals surface area contributed by atoms with Crippen LogP contribution in [0.2, 0.25) is 0 Å². The van der Waals surface area contributed by atoms with Crippen LogP contribution in [-0.2, 0) is 4.79 Å². The smallest absolute Gasteiger partial charge is 0.222 e. The fourth-order valence-corrected chi connectivity index (χ4v) is 1.87. The van der Waals surface area contributed by atoms with Gasteiger partial charge < -0.3 is 10.6 Å². The van der Waals surface area contributed by atoms with Crippen LogP contribution in [0.15, 0.2) is 0 Å². The molecule has 1 aliphatic rings. The van der Waals surface area contributed by atoms with Gasteiger partial charge in [0.05, 0.1) is 0 Å². The molecule has 14 heavy (non-hydrogen) atoms. The van der Waals surface area contributed by atoms with Crippen LogP contribution in [0, 0.1) is 5.92 Å². The first-order valence-corrected chi connectivity index (χ1v) is 5.57. The number of rotatable bonds is 2. The van der Waals surface area contributed by atoms with Gasteiger partial charge in [-0.3, -0.25) is 4.79 Å². The molecule has 0 aromatic rings. The van der Waals surface area contributed by atoms with E-state index in [0.29, 0.717) is 18.1 Å². The molecular formula is C11H22N2O. The van der Waals surface area contributed by atoms with Crippen molar-refractivity contribution in [3.8, 4) is 0 Å². The molecule has 1 rings (SSSR count). The molecule has 1 saturated heterocycles. The van der Waals surface area contributed by atoms with Crippen molar-refractivity contribution in [1.82, 2.24) is 10.6 Å². The van der Waals surface area contributed by atoms with E-state index in [1.807, 2.05) is 13.8 Å².